The van der Waals surface area contributed by atoms with Crippen molar-refractivity contribution in [2.45, 2.75) is 33.4 Å². The van der Waals surface area contributed by atoms with Crippen molar-refractivity contribution >= 4 is 11.8 Å². The zero-order valence-electron chi connectivity index (χ0n) is 13.3. The predicted molar refractivity (Wildman–Crippen MR) is 83.8 cm³/mol. The molecule has 0 spiro atoms. The fourth-order valence-electron chi connectivity index (χ4n) is 1.95. The lowest BCUT2D eigenvalue weighted by Gasteiger charge is -2.13. The minimum absolute atomic E-state index is 0.0277. The zero-order chi connectivity index (χ0) is 16.1. The second-order valence-corrected chi connectivity index (χ2v) is 5.24. The second-order valence-electron chi connectivity index (χ2n) is 5.24. The highest BCUT2D eigenvalue weighted by Crippen LogP contribution is 2.15. The number of urea groups is 1. The van der Waals surface area contributed by atoms with Gasteiger partial charge in [0.05, 0.1) is 11.8 Å². The Kier molecular flexibility index (Phi) is 4.98. The molecular weight excluding hydrogens is 282 g/mol. The van der Waals surface area contributed by atoms with Crippen molar-refractivity contribution in [3.63, 3.8) is 0 Å². The van der Waals surface area contributed by atoms with Gasteiger partial charge in [0.15, 0.2) is 0 Å². The fourth-order valence-corrected chi connectivity index (χ4v) is 1.95. The van der Waals surface area contributed by atoms with Crippen LogP contribution in [0.15, 0.2) is 24.4 Å². The SMILES string of the molecule is Cc1cc(NC(=O)NCc2cccnc2OC(C)C)n(C)n1. The monoisotopic (exact) mass is 303 g/mol. The van der Waals surface area contributed by atoms with Crippen LogP contribution in [0.5, 0.6) is 5.88 Å². The van der Waals surface area contributed by atoms with Crippen molar-refractivity contribution in [1.29, 1.82) is 0 Å². The molecule has 7 nitrogen and oxygen atoms in total. The highest BCUT2D eigenvalue weighted by atomic mass is 16.5. The van der Waals surface area contributed by atoms with Crippen LogP contribution in [0, 0.1) is 6.92 Å². The van der Waals surface area contributed by atoms with Crippen molar-refractivity contribution in [1.82, 2.24) is 20.1 Å². The number of aromatic nitrogens is 3. The van der Waals surface area contributed by atoms with Crippen LogP contribution in [0.2, 0.25) is 0 Å². The van der Waals surface area contributed by atoms with E-state index in [0.717, 1.165) is 11.3 Å². The first kappa shape index (κ1) is 15.8. The van der Waals surface area contributed by atoms with Crippen LogP contribution in [-0.4, -0.2) is 26.9 Å². The molecule has 2 heterocycles. The van der Waals surface area contributed by atoms with E-state index < -0.39 is 0 Å². The van der Waals surface area contributed by atoms with E-state index in [-0.39, 0.29) is 12.1 Å². The molecule has 0 saturated carbocycles. The summed E-state index contributed by atoms with van der Waals surface area (Å²) >= 11 is 0. The molecule has 2 aromatic rings. The predicted octanol–water partition coefficient (Wildman–Crippen LogP) is 2.23. The van der Waals surface area contributed by atoms with Crippen molar-refractivity contribution in [3.8, 4) is 5.88 Å². The van der Waals surface area contributed by atoms with Crippen LogP contribution >= 0.6 is 0 Å². The maximum absolute atomic E-state index is 12.0. The van der Waals surface area contributed by atoms with Crippen molar-refractivity contribution < 1.29 is 9.53 Å². The van der Waals surface area contributed by atoms with Gasteiger partial charge in [-0.2, -0.15) is 5.10 Å². The van der Waals surface area contributed by atoms with Crippen LogP contribution in [0.25, 0.3) is 0 Å². The van der Waals surface area contributed by atoms with E-state index in [4.69, 9.17) is 4.74 Å². The van der Waals surface area contributed by atoms with Crippen LogP contribution < -0.4 is 15.4 Å². The van der Waals surface area contributed by atoms with Crippen LogP contribution in [0.3, 0.4) is 0 Å². The first-order valence-corrected chi connectivity index (χ1v) is 7.11. The minimum Gasteiger partial charge on any atom is -0.475 e. The van der Waals surface area contributed by atoms with Crippen molar-refractivity contribution in [2.24, 2.45) is 7.05 Å². The second kappa shape index (κ2) is 6.93. The van der Waals surface area contributed by atoms with E-state index in [1.165, 1.54) is 0 Å². The zero-order valence-corrected chi connectivity index (χ0v) is 13.3. The molecule has 0 bridgehead atoms. The number of carbonyl (C=O) groups excluding carboxylic acids is 1. The first-order chi connectivity index (χ1) is 10.5. The first-order valence-electron chi connectivity index (χ1n) is 7.11. The molecule has 118 valence electrons. The van der Waals surface area contributed by atoms with E-state index in [1.807, 2.05) is 32.9 Å². The number of aryl methyl sites for hydroxylation is 2. The number of nitrogens with one attached hydrogen (secondary N) is 2. The molecule has 2 amide bonds. The Morgan fingerprint density at radius 3 is 2.86 bits per heavy atom. The van der Waals surface area contributed by atoms with Gasteiger partial charge in [0.1, 0.15) is 5.82 Å². The van der Waals surface area contributed by atoms with Gasteiger partial charge in [0.25, 0.3) is 0 Å². The number of rotatable bonds is 5. The Labute approximate surface area is 129 Å². The summed E-state index contributed by atoms with van der Waals surface area (Å²) < 4.78 is 7.24. The van der Waals surface area contributed by atoms with Crippen LogP contribution in [0.1, 0.15) is 25.1 Å². The summed E-state index contributed by atoms with van der Waals surface area (Å²) in [4.78, 5) is 16.1. The lowest BCUT2D eigenvalue weighted by molar-refractivity contribution is 0.229. The van der Waals surface area contributed by atoms with Crippen molar-refractivity contribution in [2.75, 3.05) is 5.32 Å². The molecule has 0 aliphatic heterocycles. The molecule has 0 saturated heterocycles. The summed E-state index contributed by atoms with van der Waals surface area (Å²) in [5.74, 6) is 1.18. The summed E-state index contributed by atoms with van der Waals surface area (Å²) in [5.41, 5.74) is 1.67. The number of amides is 2. The highest BCUT2D eigenvalue weighted by molar-refractivity contribution is 5.88. The molecule has 22 heavy (non-hydrogen) atoms. The highest BCUT2D eigenvalue weighted by Gasteiger charge is 2.10. The molecule has 0 fully saturated rings. The molecule has 2 aromatic heterocycles. The van der Waals surface area contributed by atoms with Gasteiger partial charge in [-0.25, -0.2) is 9.78 Å². The standard InChI is InChI=1S/C15H21N5O2/c1-10(2)22-14-12(6-5-7-16-14)9-17-15(21)18-13-8-11(3)19-20(13)4/h5-8,10H,9H2,1-4H3,(H2,17,18,21). The Balaban J connectivity index is 1.95. The van der Waals surface area contributed by atoms with E-state index >= 15 is 0 Å². The Bertz CT molecular complexity index is 651. The number of hydrogen-bond acceptors (Lipinski definition) is 4. The third-order valence-corrected chi connectivity index (χ3v) is 2.88. The summed E-state index contributed by atoms with van der Waals surface area (Å²) in [7, 11) is 1.78. The average molecular weight is 303 g/mol. The number of carbonyl (C=O) groups is 1. The van der Waals surface area contributed by atoms with E-state index in [9.17, 15) is 4.79 Å². The van der Waals surface area contributed by atoms with Crippen LogP contribution in [-0.2, 0) is 13.6 Å². The van der Waals surface area contributed by atoms with Crippen molar-refractivity contribution in [3.05, 3.63) is 35.7 Å². The molecule has 0 aliphatic carbocycles. The third-order valence-electron chi connectivity index (χ3n) is 2.88. The lowest BCUT2D eigenvalue weighted by atomic mass is 10.2. The average Bonchev–Trinajstić information content (AvgIpc) is 2.75. The molecule has 0 aliphatic rings. The Hall–Kier alpha value is -2.57. The smallest absolute Gasteiger partial charge is 0.320 e. The topological polar surface area (TPSA) is 81.1 Å². The van der Waals surface area contributed by atoms with Gasteiger partial charge in [0.2, 0.25) is 5.88 Å². The van der Waals surface area contributed by atoms with Gasteiger partial charge < -0.3 is 10.1 Å². The number of pyridine rings is 1. The van der Waals surface area contributed by atoms with Gasteiger partial charge in [-0.05, 0) is 26.8 Å². The molecule has 2 rings (SSSR count). The third kappa shape index (κ3) is 4.21. The van der Waals surface area contributed by atoms with E-state index in [0.29, 0.717) is 18.2 Å². The molecule has 0 unspecified atom stereocenters. The normalized spacial score (nSPS) is 10.6. The molecule has 7 heteroatoms. The van der Waals surface area contributed by atoms with Gasteiger partial charge in [-0.1, -0.05) is 6.07 Å². The van der Waals surface area contributed by atoms with E-state index in [2.05, 4.69) is 20.7 Å². The Morgan fingerprint density at radius 2 is 2.23 bits per heavy atom. The number of anilines is 1. The van der Waals surface area contributed by atoms with Gasteiger partial charge >= 0.3 is 6.03 Å². The summed E-state index contributed by atoms with van der Waals surface area (Å²) in [6.45, 7) is 6.07. The molecule has 0 aromatic carbocycles. The van der Waals surface area contributed by atoms with E-state index in [1.54, 1.807) is 24.0 Å². The Morgan fingerprint density at radius 1 is 1.45 bits per heavy atom. The number of ether oxygens (including phenoxy) is 1. The maximum Gasteiger partial charge on any atom is 0.320 e. The summed E-state index contributed by atoms with van der Waals surface area (Å²) in [6.07, 6.45) is 1.69. The molecule has 0 radical (unpaired) electrons. The lowest BCUT2D eigenvalue weighted by Crippen LogP contribution is -2.29. The maximum atomic E-state index is 12.0. The molecule has 0 atom stereocenters. The fraction of sp³-hybridized carbons (Fsp3) is 0.400. The summed E-state index contributed by atoms with van der Waals surface area (Å²) in [5, 5.41) is 9.71. The number of nitrogens with zero attached hydrogens (tertiary/aromatic N) is 3. The van der Waals surface area contributed by atoms with Gasteiger partial charge in [-0.15, -0.1) is 0 Å². The largest absolute Gasteiger partial charge is 0.475 e. The van der Waals surface area contributed by atoms with Gasteiger partial charge in [-0.3, -0.25) is 10.00 Å². The summed E-state index contributed by atoms with van der Waals surface area (Å²) in [6, 6.07) is 5.19. The quantitative estimate of drug-likeness (QED) is 0.887. The molecular formula is C15H21N5O2. The minimum atomic E-state index is -0.303. The van der Waals surface area contributed by atoms with Crippen LogP contribution in [0.4, 0.5) is 10.6 Å². The molecule has 2 N–H and O–H groups in total. The van der Waals surface area contributed by atoms with Gasteiger partial charge in [0, 0.05) is 31.4 Å². The number of hydrogen-bond donors (Lipinski definition) is 2.